The number of rotatable bonds is 4. The van der Waals surface area contributed by atoms with Crippen LogP contribution in [0.25, 0.3) is 0 Å². The molecule has 0 aromatic heterocycles. The maximum Gasteiger partial charge on any atom is 0.251 e. The highest BCUT2D eigenvalue weighted by Gasteiger charge is 2.12. The molecule has 3 nitrogen and oxygen atoms in total. The van der Waals surface area contributed by atoms with E-state index in [1.165, 1.54) is 6.07 Å². The minimum Gasteiger partial charge on any atom is -0.507 e. The largest absolute Gasteiger partial charge is 0.507 e. The second-order valence-electron chi connectivity index (χ2n) is 3.40. The molecule has 1 unspecified atom stereocenters. The third-order valence-electron chi connectivity index (χ3n) is 2.22. The lowest BCUT2D eigenvalue weighted by molar-refractivity contribution is 0.0939. The Morgan fingerprint density at radius 3 is 2.81 bits per heavy atom. The second kappa shape index (κ2) is 6.11. The number of phenolic OH excluding ortho intramolecular Hbond substituents is 1. The number of alkyl halides is 1. The van der Waals surface area contributed by atoms with Crippen LogP contribution in [0.4, 0.5) is 0 Å². The lowest BCUT2D eigenvalue weighted by Gasteiger charge is -2.13. The maximum absolute atomic E-state index is 11.7. The van der Waals surface area contributed by atoms with Crippen molar-refractivity contribution in [1.82, 2.24) is 5.32 Å². The second-order valence-corrected chi connectivity index (χ2v) is 4.56. The van der Waals surface area contributed by atoms with E-state index in [1.54, 1.807) is 12.1 Å². The highest BCUT2D eigenvalue weighted by molar-refractivity contribution is 9.10. The van der Waals surface area contributed by atoms with Gasteiger partial charge in [0.2, 0.25) is 0 Å². The van der Waals surface area contributed by atoms with Crippen LogP contribution in [0, 0.1) is 0 Å². The molecular weight excluding hydrogens is 293 g/mol. The molecule has 0 aliphatic heterocycles. The summed E-state index contributed by atoms with van der Waals surface area (Å²) in [6.45, 7) is 1.95. The van der Waals surface area contributed by atoms with E-state index < -0.39 is 0 Å². The molecule has 1 atom stereocenters. The Labute approximate surface area is 108 Å². The normalized spacial score (nSPS) is 12.2. The Morgan fingerprint density at radius 1 is 1.62 bits per heavy atom. The lowest BCUT2D eigenvalue weighted by Crippen LogP contribution is -2.35. The van der Waals surface area contributed by atoms with Gasteiger partial charge in [-0.25, -0.2) is 0 Å². The Bertz CT molecular complexity index is 380. The number of carbonyl (C=O) groups is 1. The van der Waals surface area contributed by atoms with Gasteiger partial charge in [-0.3, -0.25) is 4.79 Å². The number of hydrogen-bond donors (Lipinski definition) is 2. The average molecular weight is 307 g/mol. The third-order valence-corrected chi connectivity index (χ3v) is 3.27. The first kappa shape index (κ1) is 13.3. The predicted octanol–water partition coefficient (Wildman–Crippen LogP) is 2.90. The Hall–Kier alpha value is -0.740. The zero-order valence-corrected chi connectivity index (χ0v) is 11.2. The minimum absolute atomic E-state index is 0.0417. The fourth-order valence-electron chi connectivity index (χ4n) is 1.17. The van der Waals surface area contributed by atoms with Gasteiger partial charge in [-0.2, -0.15) is 0 Å². The van der Waals surface area contributed by atoms with E-state index in [-0.39, 0.29) is 17.7 Å². The summed E-state index contributed by atoms with van der Waals surface area (Å²) < 4.78 is 0.563. The SMILES string of the molecule is CCC(CCl)NC(=O)c1ccc(Br)c(O)c1. The third kappa shape index (κ3) is 3.39. The van der Waals surface area contributed by atoms with Gasteiger partial charge in [0.1, 0.15) is 5.75 Å². The first-order chi connectivity index (χ1) is 7.58. The van der Waals surface area contributed by atoms with Gasteiger partial charge >= 0.3 is 0 Å². The molecule has 0 fully saturated rings. The first-order valence-electron chi connectivity index (χ1n) is 4.93. The predicted molar refractivity (Wildman–Crippen MR) is 68.1 cm³/mol. The number of aromatic hydroxyl groups is 1. The van der Waals surface area contributed by atoms with Crippen molar-refractivity contribution in [1.29, 1.82) is 0 Å². The molecule has 1 rings (SSSR count). The van der Waals surface area contributed by atoms with Crippen LogP contribution >= 0.6 is 27.5 Å². The Morgan fingerprint density at radius 2 is 2.31 bits per heavy atom. The van der Waals surface area contributed by atoms with E-state index in [1.807, 2.05) is 6.92 Å². The van der Waals surface area contributed by atoms with E-state index in [0.717, 1.165) is 6.42 Å². The molecular formula is C11H13BrClNO2. The number of halogens is 2. The van der Waals surface area contributed by atoms with Crippen molar-refractivity contribution < 1.29 is 9.90 Å². The van der Waals surface area contributed by atoms with Crippen molar-refractivity contribution in [2.24, 2.45) is 0 Å². The van der Waals surface area contributed by atoms with Crippen LogP contribution in [0.5, 0.6) is 5.75 Å². The van der Waals surface area contributed by atoms with Gasteiger partial charge < -0.3 is 10.4 Å². The van der Waals surface area contributed by atoms with E-state index in [4.69, 9.17) is 11.6 Å². The molecule has 1 aromatic carbocycles. The molecule has 5 heteroatoms. The molecule has 1 amide bonds. The molecule has 2 N–H and O–H groups in total. The van der Waals surface area contributed by atoms with Crippen molar-refractivity contribution in [2.75, 3.05) is 5.88 Å². The van der Waals surface area contributed by atoms with Crippen LogP contribution < -0.4 is 5.32 Å². The smallest absolute Gasteiger partial charge is 0.251 e. The summed E-state index contributed by atoms with van der Waals surface area (Å²) >= 11 is 8.84. The van der Waals surface area contributed by atoms with Gasteiger partial charge in [0.15, 0.2) is 0 Å². The molecule has 16 heavy (non-hydrogen) atoms. The number of benzene rings is 1. The summed E-state index contributed by atoms with van der Waals surface area (Å²) in [5.41, 5.74) is 0.421. The van der Waals surface area contributed by atoms with E-state index in [0.29, 0.717) is 15.9 Å². The van der Waals surface area contributed by atoms with Crippen LogP contribution in [-0.2, 0) is 0 Å². The van der Waals surface area contributed by atoms with Crippen LogP contribution in [0.2, 0.25) is 0 Å². The van der Waals surface area contributed by atoms with Crippen LogP contribution in [0.1, 0.15) is 23.7 Å². The van der Waals surface area contributed by atoms with Gasteiger partial charge in [-0.1, -0.05) is 6.92 Å². The van der Waals surface area contributed by atoms with Gasteiger partial charge in [0, 0.05) is 17.5 Å². The standard InChI is InChI=1S/C11H13BrClNO2/c1-2-8(6-13)14-11(16)7-3-4-9(12)10(15)5-7/h3-5,8,15H,2,6H2,1H3,(H,14,16). The van der Waals surface area contributed by atoms with Crippen molar-refractivity contribution in [3.05, 3.63) is 28.2 Å². The monoisotopic (exact) mass is 305 g/mol. The number of amides is 1. The van der Waals surface area contributed by atoms with Crippen LogP contribution in [0.3, 0.4) is 0 Å². The minimum atomic E-state index is -0.227. The van der Waals surface area contributed by atoms with Crippen LogP contribution in [-0.4, -0.2) is 22.9 Å². The zero-order chi connectivity index (χ0) is 12.1. The molecule has 0 heterocycles. The topological polar surface area (TPSA) is 49.3 Å². The maximum atomic E-state index is 11.7. The molecule has 0 aliphatic carbocycles. The van der Waals surface area contributed by atoms with Crippen molar-refractivity contribution in [2.45, 2.75) is 19.4 Å². The quantitative estimate of drug-likeness (QED) is 0.840. The molecule has 0 saturated heterocycles. The Kier molecular flexibility index (Phi) is 5.09. The summed E-state index contributed by atoms with van der Waals surface area (Å²) in [7, 11) is 0. The molecule has 0 saturated carbocycles. The van der Waals surface area contributed by atoms with Gasteiger partial charge in [-0.05, 0) is 40.5 Å². The summed E-state index contributed by atoms with van der Waals surface area (Å²) in [4.78, 5) is 11.7. The van der Waals surface area contributed by atoms with Gasteiger partial charge in [-0.15, -0.1) is 11.6 Å². The Balaban J connectivity index is 2.76. The molecule has 0 spiro atoms. The summed E-state index contributed by atoms with van der Waals surface area (Å²) in [5, 5.41) is 12.2. The molecule has 0 bridgehead atoms. The summed E-state index contributed by atoms with van der Waals surface area (Å²) in [5.74, 6) is 0.201. The van der Waals surface area contributed by atoms with E-state index in [9.17, 15) is 9.90 Å². The highest BCUT2D eigenvalue weighted by Crippen LogP contribution is 2.24. The van der Waals surface area contributed by atoms with Gasteiger partial charge in [0.25, 0.3) is 5.91 Å². The fourth-order valence-corrected chi connectivity index (χ4v) is 1.71. The molecule has 0 radical (unpaired) electrons. The number of hydrogen-bond acceptors (Lipinski definition) is 2. The van der Waals surface area contributed by atoms with Crippen molar-refractivity contribution in [3.8, 4) is 5.75 Å². The molecule has 1 aromatic rings. The first-order valence-corrected chi connectivity index (χ1v) is 6.26. The average Bonchev–Trinajstić information content (AvgIpc) is 2.29. The number of carbonyl (C=O) groups excluding carboxylic acids is 1. The highest BCUT2D eigenvalue weighted by atomic mass is 79.9. The molecule has 88 valence electrons. The van der Waals surface area contributed by atoms with E-state index >= 15 is 0 Å². The van der Waals surface area contributed by atoms with Crippen molar-refractivity contribution >= 4 is 33.4 Å². The summed E-state index contributed by atoms with van der Waals surface area (Å²) in [6, 6.07) is 4.65. The van der Waals surface area contributed by atoms with Gasteiger partial charge in [0.05, 0.1) is 4.47 Å². The zero-order valence-electron chi connectivity index (χ0n) is 8.84. The van der Waals surface area contributed by atoms with E-state index in [2.05, 4.69) is 21.2 Å². The van der Waals surface area contributed by atoms with Crippen LogP contribution in [0.15, 0.2) is 22.7 Å². The molecule has 0 aliphatic rings. The fraction of sp³-hybridized carbons (Fsp3) is 0.364. The summed E-state index contributed by atoms with van der Waals surface area (Å²) in [6.07, 6.45) is 0.776. The lowest BCUT2D eigenvalue weighted by atomic mass is 10.2. The number of phenols is 1. The number of nitrogens with one attached hydrogen (secondary N) is 1. The van der Waals surface area contributed by atoms with Crippen molar-refractivity contribution in [3.63, 3.8) is 0 Å².